The quantitative estimate of drug-likeness (QED) is 0.888. The molecule has 0 radical (unpaired) electrons. The van der Waals surface area contributed by atoms with Crippen molar-refractivity contribution in [2.45, 2.75) is 6.42 Å². The first kappa shape index (κ1) is 14.9. The zero-order chi connectivity index (χ0) is 15.4. The Kier molecular flexibility index (Phi) is 4.47. The van der Waals surface area contributed by atoms with Crippen LogP contribution >= 0.6 is 0 Å². The summed E-state index contributed by atoms with van der Waals surface area (Å²) in [6, 6.07) is 6.88. The number of aromatic carboxylic acids is 1. The Balaban J connectivity index is 1.97. The molecule has 6 heteroatoms. The van der Waals surface area contributed by atoms with Crippen molar-refractivity contribution in [2.75, 3.05) is 11.9 Å². The van der Waals surface area contributed by atoms with Crippen molar-refractivity contribution in [3.8, 4) is 0 Å². The second-order valence-electron chi connectivity index (χ2n) is 4.45. The molecular formula is C15H12F3NO2. The molecule has 3 nitrogen and oxygen atoms in total. The third-order valence-electron chi connectivity index (χ3n) is 2.86. The SMILES string of the molecule is O=C(O)c1ccc(NCCc2cc(F)cc(F)c2)cc1F. The van der Waals surface area contributed by atoms with E-state index in [1.165, 1.54) is 18.2 Å². The number of benzene rings is 2. The Bertz CT molecular complexity index is 654. The van der Waals surface area contributed by atoms with Gasteiger partial charge in [-0.2, -0.15) is 0 Å². The molecule has 0 aliphatic rings. The fourth-order valence-corrected chi connectivity index (χ4v) is 1.90. The van der Waals surface area contributed by atoms with Gasteiger partial charge in [-0.3, -0.25) is 0 Å². The fraction of sp³-hybridized carbons (Fsp3) is 0.133. The molecule has 0 atom stereocenters. The predicted molar refractivity (Wildman–Crippen MR) is 71.9 cm³/mol. The zero-order valence-electron chi connectivity index (χ0n) is 10.9. The minimum atomic E-state index is -1.34. The zero-order valence-corrected chi connectivity index (χ0v) is 10.9. The molecule has 21 heavy (non-hydrogen) atoms. The average molecular weight is 295 g/mol. The van der Waals surface area contributed by atoms with Crippen molar-refractivity contribution in [3.63, 3.8) is 0 Å². The van der Waals surface area contributed by atoms with Gasteiger partial charge in [-0.25, -0.2) is 18.0 Å². The van der Waals surface area contributed by atoms with Crippen LogP contribution in [-0.4, -0.2) is 17.6 Å². The molecule has 0 spiro atoms. The highest BCUT2D eigenvalue weighted by molar-refractivity contribution is 5.88. The van der Waals surface area contributed by atoms with Gasteiger partial charge in [-0.15, -0.1) is 0 Å². The topological polar surface area (TPSA) is 49.3 Å². The molecule has 0 aromatic heterocycles. The van der Waals surface area contributed by atoms with E-state index < -0.39 is 29.0 Å². The predicted octanol–water partition coefficient (Wildman–Crippen LogP) is 3.46. The lowest BCUT2D eigenvalue weighted by atomic mass is 10.1. The highest BCUT2D eigenvalue weighted by Gasteiger charge is 2.10. The van der Waals surface area contributed by atoms with Crippen LogP contribution in [-0.2, 0) is 6.42 Å². The summed E-state index contributed by atoms with van der Waals surface area (Å²) in [5.74, 6) is -3.48. The maximum absolute atomic E-state index is 13.4. The van der Waals surface area contributed by atoms with E-state index >= 15 is 0 Å². The molecule has 0 fully saturated rings. The second kappa shape index (κ2) is 6.30. The molecule has 0 amide bonds. The van der Waals surface area contributed by atoms with Crippen LogP contribution in [0.15, 0.2) is 36.4 Å². The van der Waals surface area contributed by atoms with Crippen LogP contribution in [0.3, 0.4) is 0 Å². The van der Waals surface area contributed by atoms with Gasteiger partial charge >= 0.3 is 5.97 Å². The van der Waals surface area contributed by atoms with Crippen LogP contribution in [0.5, 0.6) is 0 Å². The number of hydrogen-bond acceptors (Lipinski definition) is 2. The normalized spacial score (nSPS) is 10.4. The van der Waals surface area contributed by atoms with Gasteiger partial charge in [0.15, 0.2) is 0 Å². The smallest absolute Gasteiger partial charge is 0.338 e. The summed E-state index contributed by atoms with van der Waals surface area (Å²) in [6.07, 6.45) is 0.344. The summed E-state index contributed by atoms with van der Waals surface area (Å²) >= 11 is 0. The summed E-state index contributed by atoms with van der Waals surface area (Å²) in [5, 5.41) is 11.6. The highest BCUT2D eigenvalue weighted by Crippen LogP contribution is 2.15. The van der Waals surface area contributed by atoms with Crippen LogP contribution in [0.4, 0.5) is 18.9 Å². The molecule has 110 valence electrons. The Morgan fingerprint density at radius 1 is 1.05 bits per heavy atom. The van der Waals surface area contributed by atoms with Crippen molar-refractivity contribution in [1.29, 1.82) is 0 Å². The van der Waals surface area contributed by atoms with E-state index in [0.717, 1.165) is 18.2 Å². The first-order chi connectivity index (χ1) is 9.95. The first-order valence-corrected chi connectivity index (χ1v) is 6.17. The van der Waals surface area contributed by atoms with Crippen molar-refractivity contribution in [3.05, 3.63) is 65.0 Å². The number of rotatable bonds is 5. The number of hydrogen-bond donors (Lipinski definition) is 2. The highest BCUT2D eigenvalue weighted by atomic mass is 19.1. The van der Waals surface area contributed by atoms with Gasteiger partial charge in [0.2, 0.25) is 0 Å². The number of carboxylic acid groups (broad SMARTS) is 1. The number of carbonyl (C=O) groups is 1. The van der Waals surface area contributed by atoms with Gasteiger partial charge in [-0.1, -0.05) is 0 Å². The monoisotopic (exact) mass is 295 g/mol. The maximum atomic E-state index is 13.4. The summed E-state index contributed by atoms with van der Waals surface area (Å²) in [6.45, 7) is 0.328. The second-order valence-corrected chi connectivity index (χ2v) is 4.45. The van der Waals surface area contributed by atoms with E-state index in [0.29, 0.717) is 24.2 Å². The van der Waals surface area contributed by atoms with Gasteiger partial charge in [0.05, 0.1) is 5.56 Å². The van der Waals surface area contributed by atoms with Crippen LogP contribution in [0.2, 0.25) is 0 Å². The average Bonchev–Trinajstić information content (AvgIpc) is 2.37. The van der Waals surface area contributed by atoms with Crippen LogP contribution < -0.4 is 5.32 Å². The van der Waals surface area contributed by atoms with Crippen molar-refractivity contribution in [2.24, 2.45) is 0 Å². The van der Waals surface area contributed by atoms with E-state index in [-0.39, 0.29) is 0 Å². The molecule has 2 N–H and O–H groups in total. The van der Waals surface area contributed by atoms with Crippen molar-refractivity contribution < 1.29 is 23.1 Å². The minimum absolute atomic E-state index is 0.328. The van der Waals surface area contributed by atoms with E-state index in [2.05, 4.69) is 5.32 Å². The van der Waals surface area contributed by atoms with E-state index in [1.54, 1.807) is 0 Å². The van der Waals surface area contributed by atoms with Crippen LogP contribution in [0.1, 0.15) is 15.9 Å². The molecule has 0 aliphatic heterocycles. The van der Waals surface area contributed by atoms with Gasteiger partial charge in [0.25, 0.3) is 0 Å². The number of carboxylic acids is 1. The van der Waals surface area contributed by atoms with Gasteiger partial charge < -0.3 is 10.4 Å². The minimum Gasteiger partial charge on any atom is -0.478 e. The number of nitrogens with one attached hydrogen (secondary N) is 1. The third-order valence-corrected chi connectivity index (χ3v) is 2.86. The Labute approximate surface area is 119 Å². The lowest BCUT2D eigenvalue weighted by Crippen LogP contribution is -2.07. The molecule has 0 saturated heterocycles. The summed E-state index contributed by atoms with van der Waals surface area (Å²) in [7, 11) is 0. The van der Waals surface area contributed by atoms with Gasteiger partial charge in [0, 0.05) is 18.3 Å². The molecular weight excluding hydrogens is 283 g/mol. The van der Waals surface area contributed by atoms with Gasteiger partial charge in [0.1, 0.15) is 17.5 Å². The lowest BCUT2D eigenvalue weighted by molar-refractivity contribution is 0.0692. The number of halogens is 3. The standard InChI is InChI=1S/C15H12F3NO2/c16-10-5-9(6-11(17)7-10)3-4-19-12-1-2-13(15(20)21)14(18)8-12/h1-2,5-8,19H,3-4H2,(H,20,21). The van der Waals surface area contributed by atoms with Crippen molar-refractivity contribution in [1.82, 2.24) is 0 Å². The Morgan fingerprint density at radius 2 is 1.71 bits per heavy atom. The molecule has 2 aromatic rings. The molecule has 0 aliphatic carbocycles. The van der Waals surface area contributed by atoms with Crippen LogP contribution in [0, 0.1) is 17.5 Å². The van der Waals surface area contributed by atoms with E-state index in [1.807, 2.05) is 0 Å². The Hall–Kier alpha value is -2.50. The molecule has 2 aromatic carbocycles. The molecule has 2 rings (SSSR count). The largest absolute Gasteiger partial charge is 0.478 e. The Morgan fingerprint density at radius 3 is 2.29 bits per heavy atom. The van der Waals surface area contributed by atoms with Crippen molar-refractivity contribution >= 4 is 11.7 Å². The number of anilines is 1. The summed E-state index contributed by atoms with van der Waals surface area (Å²) < 4.78 is 39.4. The maximum Gasteiger partial charge on any atom is 0.338 e. The third kappa shape index (κ3) is 3.98. The van der Waals surface area contributed by atoms with E-state index in [4.69, 9.17) is 5.11 Å². The molecule has 0 saturated carbocycles. The molecule has 0 unspecified atom stereocenters. The van der Waals surface area contributed by atoms with E-state index in [9.17, 15) is 18.0 Å². The summed E-state index contributed by atoms with van der Waals surface area (Å²) in [4.78, 5) is 10.7. The lowest BCUT2D eigenvalue weighted by Gasteiger charge is -2.08. The molecule has 0 bridgehead atoms. The fourth-order valence-electron chi connectivity index (χ4n) is 1.90. The first-order valence-electron chi connectivity index (χ1n) is 6.17. The van der Waals surface area contributed by atoms with Crippen LogP contribution in [0.25, 0.3) is 0 Å². The summed E-state index contributed by atoms with van der Waals surface area (Å²) in [5.41, 5.74) is 0.463. The van der Waals surface area contributed by atoms with Gasteiger partial charge in [-0.05, 0) is 42.3 Å². The molecule has 0 heterocycles.